The zero-order valence-corrected chi connectivity index (χ0v) is 24.3. The predicted molar refractivity (Wildman–Crippen MR) is 157 cm³/mol. The van der Waals surface area contributed by atoms with E-state index in [0.717, 1.165) is 44.5 Å². The van der Waals surface area contributed by atoms with Crippen LogP contribution in [-0.2, 0) is 4.79 Å². The van der Waals surface area contributed by atoms with Crippen LogP contribution in [0, 0.1) is 5.41 Å². The van der Waals surface area contributed by atoms with E-state index in [2.05, 4.69) is 34.5 Å². The van der Waals surface area contributed by atoms with Crippen molar-refractivity contribution in [3.63, 3.8) is 0 Å². The van der Waals surface area contributed by atoms with Gasteiger partial charge in [-0.1, -0.05) is 32.3 Å². The number of methoxy groups -OCH3 is 1. The normalized spacial score (nSPS) is 23.8. The molecule has 10 nitrogen and oxygen atoms in total. The monoisotopic (exact) mass is 549 g/mol. The Labute approximate surface area is 237 Å². The number of nitrogens with zero attached hydrogens (tertiary/aromatic N) is 5. The van der Waals surface area contributed by atoms with Crippen LogP contribution in [-0.4, -0.2) is 72.7 Å². The van der Waals surface area contributed by atoms with Crippen molar-refractivity contribution in [1.29, 1.82) is 0 Å². The molecule has 2 atom stereocenters. The highest BCUT2D eigenvalue weighted by Gasteiger charge is 2.43. The fourth-order valence-electron chi connectivity index (χ4n) is 6.22. The fourth-order valence-corrected chi connectivity index (χ4v) is 6.22. The van der Waals surface area contributed by atoms with Gasteiger partial charge in [0, 0.05) is 31.7 Å². The molecule has 3 aliphatic rings. The minimum Gasteiger partial charge on any atom is -0.497 e. The van der Waals surface area contributed by atoms with E-state index >= 15 is 0 Å². The lowest BCUT2D eigenvalue weighted by atomic mass is 9.84. The Morgan fingerprint density at radius 2 is 2.02 bits per heavy atom. The first-order chi connectivity index (χ1) is 19.3. The molecule has 2 N–H and O–H groups in total. The molecule has 1 saturated heterocycles. The lowest BCUT2D eigenvalue weighted by Gasteiger charge is -2.39. The molecule has 2 aromatic rings. The third-order valence-corrected chi connectivity index (χ3v) is 8.91. The molecule has 0 unspecified atom stereocenters. The second-order valence-electron chi connectivity index (χ2n) is 11.6. The molecule has 0 radical (unpaired) electrons. The fraction of sp³-hybridized carbons (Fsp3) is 0.600. The van der Waals surface area contributed by atoms with E-state index in [0.29, 0.717) is 42.1 Å². The van der Waals surface area contributed by atoms with Gasteiger partial charge in [-0.05, 0) is 63.8 Å². The second-order valence-corrected chi connectivity index (χ2v) is 11.6. The smallest absolute Gasteiger partial charge is 0.272 e. The number of nitrogens with one attached hydrogen (secondary N) is 2. The summed E-state index contributed by atoms with van der Waals surface area (Å²) in [6.45, 7) is 6.36. The van der Waals surface area contributed by atoms with E-state index < -0.39 is 5.41 Å². The number of amides is 2. The quantitative estimate of drug-likeness (QED) is 0.495. The first kappa shape index (κ1) is 28.1. The Kier molecular flexibility index (Phi) is 8.44. The van der Waals surface area contributed by atoms with Crippen molar-refractivity contribution < 1.29 is 14.3 Å². The Morgan fingerprint density at radius 1 is 1.23 bits per heavy atom. The number of piperidine rings is 1. The summed E-state index contributed by atoms with van der Waals surface area (Å²) < 4.78 is 5.37. The maximum atomic E-state index is 13.9. The molecule has 1 aromatic carbocycles. The summed E-state index contributed by atoms with van der Waals surface area (Å²) in [7, 11) is 3.42. The SMILES string of the molecule is CC[C@]1(C)CN(C2CCCCC2)c2nc(NN(C(=O)c3cccc(OC)c3)[C@@H]3CCCNC3)ncc2N(C)C1=O. The minimum absolute atomic E-state index is 0.0723. The first-order valence-corrected chi connectivity index (χ1v) is 14.7. The molecule has 216 valence electrons. The van der Waals surface area contributed by atoms with Gasteiger partial charge < -0.3 is 19.9 Å². The summed E-state index contributed by atoms with van der Waals surface area (Å²) in [5.41, 5.74) is 4.00. The van der Waals surface area contributed by atoms with Crippen molar-refractivity contribution in [2.75, 3.05) is 49.0 Å². The van der Waals surface area contributed by atoms with Crippen LogP contribution < -0.4 is 25.3 Å². The van der Waals surface area contributed by atoms with Gasteiger partial charge in [0.1, 0.15) is 11.4 Å². The molecule has 1 saturated carbocycles. The van der Waals surface area contributed by atoms with Crippen LogP contribution in [0.5, 0.6) is 5.75 Å². The van der Waals surface area contributed by atoms with Gasteiger partial charge in [0.05, 0.1) is 24.8 Å². The average Bonchev–Trinajstić information content (AvgIpc) is 3.09. The number of fused-ring (bicyclic) bond motifs is 1. The molecule has 10 heteroatoms. The molecule has 0 bridgehead atoms. The molecule has 1 aliphatic carbocycles. The lowest BCUT2D eigenvalue weighted by Crippen LogP contribution is -2.51. The average molecular weight is 550 g/mol. The van der Waals surface area contributed by atoms with Gasteiger partial charge in [0.2, 0.25) is 11.9 Å². The van der Waals surface area contributed by atoms with Crippen molar-refractivity contribution >= 4 is 29.3 Å². The third kappa shape index (κ3) is 5.59. The van der Waals surface area contributed by atoms with Gasteiger partial charge >= 0.3 is 0 Å². The van der Waals surface area contributed by atoms with Crippen molar-refractivity contribution in [3.05, 3.63) is 36.0 Å². The summed E-state index contributed by atoms with van der Waals surface area (Å²) >= 11 is 0. The van der Waals surface area contributed by atoms with Crippen LogP contribution in [0.25, 0.3) is 0 Å². The lowest BCUT2D eigenvalue weighted by molar-refractivity contribution is -0.126. The molecule has 2 aliphatic heterocycles. The van der Waals surface area contributed by atoms with E-state index in [1.165, 1.54) is 19.3 Å². The Hall–Kier alpha value is -3.40. The molecule has 2 amide bonds. The first-order valence-electron chi connectivity index (χ1n) is 14.7. The molecule has 1 aromatic heterocycles. The Morgan fingerprint density at radius 3 is 2.73 bits per heavy atom. The number of carbonyl (C=O) groups is 2. The number of ether oxygens (including phenoxy) is 1. The molecule has 40 heavy (non-hydrogen) atoms. The molecule has 2 fully saturated rings. The standard InChI is InChI=1S/C30H43N7O3/c1-5-30(2)20-36(22-12-7-6-8-13-22)26-25(35(3)28(30)39)19-32-29(33-26)34-37(23-14-10-16-31-18-23)27(38)21-11-9-15-24(17-21)40-4/h9,11,15,17,19,22-23,31H,5-8,10,12-14,16,18,20H2,1-4H3,(H,32,33,34)/t23-,30-/m1/s1. The maximum absolute atomic E-state index is 13.9. The van der Waals surface area contributed by atoms with Gasteiger partial charge in [-0.25, -0.2) is 9.99 Å². The van der Waals surface area contributed by atoms with Crippen molar-refractivity contribution in [2.45, 2.75) is 77.3 Å². The van der Waals surface area contributed by atoms with Crippen LogP contribution in [0.1, 0.15) is 75.6 Å². The number of benzene rings is 1. The van der Waals surface area contributed by atoms with Crippen molar-refractivity contribution in [2.24, 2.45) is 5.41 Å². The number of anilines is 3. The highest BCUT2D eigenvalue weighted by Crippen LogP contribution is 2.41. The van der Waals surface area contributed by atoms with Crippen LogP contribution in [0.2, 0.25) is 0 Å². The van der Waals surface area contributed by atoms with Crippen LogP contribution in [0.3, 0.4) is 0 Å². The van der Waals surface area contributed by atoms with Gasteiger partial charge in [0.25, 0.3) is 5.91 Å². The van der Waals surface area contributed by atoms with E-state index in [1.807, 2.05) is 19.2 Å². The summed E-state index contributed by atoms with van der Waals surface area (Å²) in [6, 6.07) is 7.44. The predicted octanol–water partition coefficient (Wildman–Crippen LogP) is 4.24. The summed E-state index contributed by atoms with van der Waals surface area (Å²) in [4.78, 5) is 41.2. The van der Waals surface area contributed by atoms with Gasteiger partial charge in [-0.15, -0.1) is 0 Å². The van der Waals surface area contributed by atoms with E-state index in [-0.39, 0.29) is 17.9 Å². The number of hydrazine groups is 1. The van der Waals surface area contributed by atoms with Crippen molar-refractivity contribution in [3.8, 4) is 5.75 Å². The van der Waals surface area contributed by atoms with Crippen molar-refractivity contribution in [1.82, 2.24) is 20.3 Å². The second kappa shape index (κ2) is 12.0. The van der Waals surface area contributed by atoms with E-state index in [4.69, 9.17) is 9.72 Å². The number of hydrogen-bond donors (Lipinski definition) is 2. The largest absolute Gasteiger partial charge is 0.497 e. The summed E-state index contributed by atoms with van der Waals surface area (Å²) in [5, 5.41) is 5.07. The number of rotatable bonds is 7. The van der Waals surface area contributed by atoms with Crippen LogP contribution in [0.15, 0.2) is 30.5 Å². The minimum atomic E-state index is -0.525. The van der Waals surface area contributed by atoms with Gasteiger partial charge in [-0.3, -0.25) is 15.0 Å². The van der Waals surface area contributed by atoms with Gasteiger partial charge in [-0.2, -0.15) is 4.98 Å². The van der Waals surface area contributed by atoms with Crippen LogP contribution in [0.4, 0.5) is 17.5 Å². The molecule has 5 rings (SSSR count). The highest BCUT2D eigenvalue weighted by atomic mass is 16.5. The summed E-state index contributed by atoms with van der Waals surface area (Å²) in [6.07, 6.45) is 10.1. The zero-order valence-electron chi connectivity index (χ0n) is 24.3. The van der Waals surface area contributed by atoms with E-state index in [9.17, 15) is 9.59 Å². The molecule has 0 spiro atoms. The molecular formula is C30H43N7O3. The Balaban J connectivity index is 1.52. The topological polar surface area (TPSA) is 103 Å². The molecular weight excluding hydrogens is 506 g/mol. The molecule has 3 heterocycles. The van der Waals surface area contributed by atoms with Crippen LogP contribution >= 0.6 is 0 Å². The van der Waals surface area contributed by atoms with Gasteiger partial charge in [0.15, 0.2) is 5.82 Å². The maximum Gasteiger partial charge on any atom is 0.272 e. The van der Waals surface area contributed by atoms with E-state index in [1.54, 1.807) is 35.3 Å². The number of hydrogen-bond acceptors (Lipinski definition) is 8. The number of carbonyl (C=O) groups excluding carboxylic acids is 2. The number of aromatic nitrogens is 2. The third-order valence-electron chi connectivity index (χ3n) is 8.91. The zero-order chi connectivity index (χ0) is 28.3. The summed E-state index contributed by atoms with van der Waals surface area (Å²) in [5.74, 6) is 1.65. The highest BCUT2D eigenvalue weighted by molar-refractivity contribution is 6.01. The Bertz CT molecular complexity index is 1210.